The van der Waals surface area contributed by atoms with Crippen LogP contribution in [0.2, 0.25) is 0 Å². The van der Waals surface area contributed by atoms with Crippen molar-refractivity contribution in [2.45, 2.75) is 20.8 Å². The molecule has 0 spiro atoms. The molecule has 0 saturated carbocycles. The van der Waals surface area contributed by atoms with Gasteiger partial charge in [0.2, 0.25) is 5.95 Å². The molecule has 9 nitrogen and oxygen atoms in total. The number of aromatic nitrogens is 6. The molecule has 4 aromatic rings. The second kappa shape index (κ2) is 6.69. The predicted molar refractivity (Wildman–Crippen MR) is 104 cm³/mol. The lowest BCUT2D eigenvalue weighted by molar-refractivity contribution is 0.102. The lowest BCUT2D eigenvalue weighted by Gasteiger charge is -2.09. The first-order chi connectivity index (χ1) is 13.4. The molecule has 0 unspecified atom stereocenters. The van der Waals surface area contributed by atoms with Gasteiger partial charge in [-0.05, 0) is 32.9 Å². The van der Waals surface area contributed by atoms with Gasteiger partial charge in [0.05, 0.1) is 22.9 Å². The predicted octanol–water partition coefficient (Wildman–Crippen LogP) is 2.08. The second-order valence-corrected chi connectivity index (χ2v) is 6.38. The smallest absolute Gasteiger partial charge is 0.277 e. The number of nitrogens with one attached hydrogen (secondary N) is 2. The fourth-order valence-corrected chi connectivity index (χ4v) is 2.73. The first-order valence-electron chi connectivity index (χ1n) is 8.60. The average molecular weight is 375 g/mol. The number of benzene rings is 1. The standard InChI is InChI=1S/C19H17N7O2/c1-10-8-16(26(25-10)19-21-12(3)11(2)17(27)24-19)23-18(28)15-9-20-13-6-4-5-7-14(13)22-15/h4-9H,1-3H3,(H,23,28)(H,21,24,27). The quantitative estimate of drug-likeness (QED) is 0.566. The zero-order chi connectivity index (χ0) is 19.8. The molecule has 3 heterocycles. The fraction of sp³-hybridized carbons (Fsp3) is 0.158. The van der Waals surface area contributed by atoms with E-state index in [4.69, 9.17) is 0 Å². The number of anilines is 1. The van der Waals surface area contributed by atoms with Crippen LogP contribution in [0, 0.1) is 20.8 Å². The molecule has 0 aliphatic rings. The Labute approximate surface area is 159 Å². The highest BCUT2D eigenvalue weighted by Crippen LogP contribution is 2.16. The van der Waals surface area contributed by atoms with Crippen molar-refractivity contribution < 1.29 is 4.79 Å². The molecule has 4 rings (SSSR count). The minimum atomic E-state index is -0.439. The van der Waals surface area contributed by atoms with Crippen molar-refractivity contribution in [3.8, 4) is 5.95 Å². The summed E-state index contributed by atoms with van der Waals surface area (Å²) in [5.41, 5.74) is 3.02. The van der Waals surface area contributed by atoms with E-state index in [2.05, 4.69) is 30.4 Å². The Morgan fingerprint density at radius 1 is 1.11 bits per heavy atom. The van der Waals surface area contributed by atoms with Gasteiger partial charge < -0.3 is 5.32 Å². The summed E-state index contributed by atoms with van der Waals surface area (Å²) in [7, 11) is 0. The number of H-pyrrole nitrogens is 1. The zero-order valence-corrected chi connectivity index (χ0v) is 15.5. The highest BCUT2D eigenvalue weighted by molar-refractivity contribution is 6.03. The van der Waals surface area contributed by atoms with Crippen LogP contribution in [-0.4, -0.2) is 35.6 Å². The van der Waals surface area contributed by atoms with Crippen LogP contribution in [0.25, 0.3) is 17.0 Å². The van der Waals surface area contributed by atoms with E-state index >= 15 is 0 Å². The lowest BCUT2D eigenvalue weighted by Crippen LogP contribution is -2.21. The molecule has 0 aliphatic heterocycles. The van der Waals surface area contributed by atoms with Gasteiger partial charge in [-0.2, -0.15) is 9.78 Å². The van der Waals surface area contributed by atoms with Crippen molar-refractivity contribution in [3.63, 3.8) is 0 Å². The van der Waals surface area contributed by atoms with Gasteiger partial charge in [-0.25, -0.2) is 9.97 Å². The van der Waals surface area contributed by atoms with Crippen LogP contribution in [-0.2, 0) is 0 Å². The van der Waals surface area contributed by atoms with E-state index in [0.717, 1.165) is 0 Å². The van der Waals surface area contributed by atoms with Crippen LogP contribution in [0.1, 0.15) is 27.4 Å². The Morgan fingerprint density at radius 3 is 2.61 bits per heavy atom. The van der Waals surface area contributed by atoms with Crippen molar-refractivity contribution >= 4 is 22.8 Å². The molecule has 0 atom stereocenters. The topological polar surface area (TPSA) is 118 Å². The number of para-hydroxylation sites is 2. The van der Waals surface area contributed by atoms with Gasteiger partial charge >= 0.3 is 0 Å². The molecule has 0 saturated heterocycles. The largest absolute Gasteiger partial charge is 0.305 e. The molecule has 0 bridgehead atoms. The summed E-state index contributed by atoms with van der Waals surface area (Å²) in [6.45, 7) is 5.22. The Hall–Kier alpha value is -3.88. The summed E-state index contributed by atoms with van der Waals surface area (Å²) in [5, 5.41) is 7.08. The van der Waals surface area contributed by atoms with Crippen molar-refractivity contribution in [1.82, 2.24) is 29.7 Å². The maximum atomic E-state index is 12.7. The number of hydrogen-bond donors (Lipinski definition) is 2. The highest BCUT2D eigenvalue weighted by atomic mass is 16.2. The number of aromatic amines is 1. The molecule has 140 valence electrons. The Bertz CT molecular complexity index is 1270. The fourth-order valence-electron chi connectivity index (χ4n) is 2.73. The van der Waals surface area contributed by atoms with E-state index in [1.165, 1.54) is 10.9 Å². The molecule has 28 heavy (non-hydrogen) atoms. The van der Waals surface area contributed by atoms with E-state index in [-0.39, 0.29) is 17.2 Å². The number of carbonyl (C=O) groups is 1. The first kappa shape index (κ1) is 17.5. The van der Waals surface area contributed by atoms with Crippen LogP contribution < -0.4 is 10.9 Å². The molecule has 9 heteroatoms. The molecular weight excluding hydrogens is 358 g/mol. The number of carbonyl (C=O) groups excluding carboxylic acids is 1. The van der Waals surface area contributed by atoms with Gasteiger partial charge in [-0.1, -0.05) is 12.1 Å². The first-order valence-corrected chi connectivity index (χ1v) is 8.60. The van der Waals surface area contributed by atoms with E-state index in [9.17, 15) is 9.59 Å². The van der Waals surface area contributed by atoms with E-state index < -0.39 is 5.91 Å². The minimum Gasteiger partial charge on any atom is -0.305 e. The third-order valence-electron chi connectivity index (χ3n) is 4.34. The maximum Gasteiger partial charge on any atom is 0.277 e. The van der Waals surface area contributed by atoms with Gasteiger partial charge in [0, 0.05) is 17.3 Å². The highest BCUT2D eigenvalue weighted by Gasteiger charge is 2.16. The van der Waals surface area contributed by atoms with E-state index in [1.807, 2.05) is 18.2 Å². The zero-order valence-electron chi connectivity index (χ0n) is 15.5. The van der Waals surface area contributed by atoms with Crippen LogP contribution in [0.3, 0.4) is 0 Å². The summed E-state index contributed by atoms with van der Waals surface area (Å²) < 4.78 is 1.38. The second-order valence-electron chi connectivity index (χ2n) is 6.38. The van der Waals surface area contributed by atoms with Crippen LogP contribution in [0.4, 0.5) is 5.82 Å². The summed E-state index contributed by atoms with van der Waals surface area (Å²) in [5.74, 6) is 0.149. The van der Waals surface area contributed by atoms with Crippen molar-refractivity contribution in [1.29, 1.82) is 0 Å². The number of amides is 1. The molecular formula is C19H17N7O2. The molecule has 0 aliphatic carbocycles. The molecule has 1 amide bonds. The van der Waals surface area contributed by atoms with Crippen molar-refractivity contribution in [2.75, 3.05) is 5.32 Å². The minimum absolute atomic E-state index is 0.172. The van der Waals surface area contributed by atoms with Gasteiger partial charge in [0.25, 0.3) is 11.5 Å². The summed E-state index contributed by atoms with van der Waals surface area (Å²) in [6, 6.07) is 8.98. The molecule has 1 aromatic carbocycles. The Balaban J connectivity index is 1.70. The Kier molecular flexibility index (Phi) is 4.19. The van der Waals surface area contributed by atoms with Crippen LogP contribution in [0.15, 0.2) is 41.3 Å². The molecule has 0 fully saturated rings. The lowest BCUT2D eigenvalue weighted by atomic mass is 10.3. The van der Waals surface area contributed by atoms with Crippen LogP contribution in [0.5, 0.6) is 0 Å². The van der Waals surface area contributed by atoms with E-state index in [1.54, 1.807) is 32.9 Å². The maximum absolute atomic E-state index is 12.7. The van der Waals surface area contributed by atoms with Gasteiger partial charge in [0.1, 0.15) is 11.5 Å². The summed E-state index contributed by atoms with van der Waals surface area (Å²) in [6.07, 6.45) is 1.42. The van der Waals surface area contributed by atoms with Gasteiger partial charge in [-0.3, -0.25) is 19.6 Å². The third kappa shape index (κ3) is 3.13. The normalized spacial score (nSPS) is 11.0. The third-order valence-corrected chi connectivity index (χ3v) is 4.34. The molecule has 2 N–H and O–H groups in total. The molecule has 3 aromatic heterocycles. The molecule has 0 radical (unpaired) electrons. The van der Waals surface area contributed by atoms with Gasteiger partial charge in [0.15, 0.2) is 0 Å². The summed E-state index contributed by atoms with van der Waals surface area (Å²) >= 11 is 0. The SMILES string of the molecule is Cc1cc(NC(=O)c2cnc3ccccc3n2)n(-c2nc(C)c(C)c(=O)[nH]2)n1. The summed E-state index contributed by atoms with van der Waals surface area (Å²) in [4.78, 5) is 40.4. The number of fused-ring (bicyclic) bond motifs is 1. The van der Waals surface area contributed by atoms with Gasteiger partial charge in [-0.15, -0.1) is 0 Å². The average Bonchev–Trinajstić information content (AvgIpc) is 3.05. The van der Waals surface area contributed by atoms with Crippen LogP contribution >= 0.6 is 0 Å². The number of rotatable bonds is 3. The monoisotopic (exact) mass is 375 g/mol. The van der Waals surface area contributed by atoms with Crippen molar-refractivity contribution in [2.24, 2.45) is 0 Å². The number of nitrogens with zero attached hydrogens (tertiary/aromatic N) is 5. The number of hydrogen-bond acceptors (Lipinski definition) is 6. The van der Waals surface area contributed by atoms with Crippen molar-refractivity contribution in [3.05, 3.63) is 69.5 Å². The van der Waals surface area contributed by atoms with E-state index in [0.29, 0.717) is 33.8 Å². The number of aryl methyl sites for hydroxylation is 2. The Morgan fingerprint density at radius 2 is 1.86 bits per heavy atom.